The maximum atomic E-state index is 6.09. The maximum Gasteiger partial charge on any atom is 0.530 e. The molecule has 0 saturated heterocycles. The number of hydrogen-bond donors (Lipinski definition) is 0. The quantitative estimate of drug-likeness (QED) is 0.664. The van der Waals surface area contributed by atoms with Gasteiger partial charge in [0.05, 0.1) is 0 Å². The van der Waals surface area contributed by atoms with Crippen LogP contribution in [-0.2, 0) is 13.3 Å². The van der Waals surface area contributed by atoms with E-state index in [1.807, 2.05) is 71.5 Å². The molecule has 1 rings (SSSR count). The van der Waals surface area contributed by atoms with Crippen LogP contribution in [0.4, 0.5) is 0 Å². The van der Waals surface area contributed by atoms with E-state index in [1.54, 1.807) is 0 Å². The first-order valence-corrected chi connectivity index (χ1v) is 9.41. The summed E-state index contributed by atoms with van der Waals surface area (Å²) in [5, 5.41) is 0. The molecule has 0 fully saturated rings. The molecule has 21 heavy (non-hydrogen) atoms. The summed E-state index contributed by atoms with van der Waals surface area (Å²) in [4.78, 5) is 0. The van der Waals surface area contributed by atoms with E-state index in [9.17, 15) is 0 Å². The Morgan fingerprint density at radius 3 is 1.57 bits per heavy atom. The molecular formula is C17H28O3Si. The highest BCUT2D eigenvalue weighted by molar-refractivity contribution is 6.67. The van der Waals surface area contributed by atoms with Crippen molar-refractivity contribution in [2.45, 2.75) is 59.9 Å². The van der Waals surface area contributed by atoms with Gasteiger partial charge in [-0.1, -0.05) is 36.4 Å². The first-order valence-electron chi connectivity index (χ1n) is 7.60. The van der Waals surface area contributed by atoms with Crippen molar-refractivity contribution in [1.82, 2.24) is 0 Å². The molecular weight excluding hydrogens is 280 g/mol. The Bertz CT molecular complexity index is 400. The van der Waals surface area contributed by atoms with Crippen molar-refractivity contribution >= 4 is 14.9 Å². The van der Waals surface area contributed by atoms with Crippen LogP contribution in [0.1, 0.15) is 47.1 Å². The zero-order valence-corrected chi connectivity index (χ0v) is 15.0. The Labute approximate surface area is 130 Å². The van der Waals surface area contributed by atoms with E-state index in [0.717, 1.165) is 5.56 Å². The topological polar surface area (TPSA) is 27.7 Å². The van der Waals surface area contributed by atoms with E-state index in [-0.39, 0.29) is 18.3 Å². The second-order valence-corrected chi connectivity index (χ2v) is 8.09. The minimum atomic E-state index is -2.85. The molecule has 0 atom stereocenters. The van der Waals surface area contributed by atoms with Crippen molar-refractivity contribution in [3.05, 3.63) is 41.6 Å². The van der Waals surface area contributed by atoms with Crippen LogP contribution in [0.25, 0.3) is 6.08 Å². The number of hydrogen-bond acceptors (Lipinski definition) is 3. The molecule has 1 aromatic rings. The van der Waals surface area contributed by atoms with Gasteiger partial charge in [0, 0.05) is 18.3 Å². The summed E-state index contributed by atoms with van der Waals surface area (Å²) >= 11 is 0. The summed E-state index contributed by atoms with van der Waals surface area (Å²) in [6.45, 7) is 12.0. The fourth-order valence-electron chi connectivity index (χ4n) is 1.95. The van der Waals surface area contributed by atoms with E-state index < -0.39 is 8.80 Å². The molecule has 118 valence electrons. The van der Waals surface area contributed by atoms with Gasteiger partial charge in [-0.25, -0.2) is 0 Å². The van der Waals surface area contributed by atoms with Gasteiger partial charge in [-0.3, -0.25) is 0 Å². The zero-order chi connectivity index (χ0) is 15.9. The second-order valence-electron chi connectivity index (χ2n) is 5.85. The van der Waals surface area contributed by atoms with Gasteiger partial charge in [-0.05, 0) is 52.8 Å². The molecule has 0 unspecified atom stereocenters. The van der Waals surface area contributed by atoms with Crippen LogP contribution >= 0.6 is 0 Å². The first-order chi connectivity index (χ1) is 9.83. The Kier molecular flexibility index (Phi) is 7.32. The van der Waals surface area contributed by atoms with Gasteiger partial charge in [0.15, 0.2) is 0 Å². The number of benzene rings is 1. The molecule has 4 heteroatoms. The molecule has 1 aromatic carbocycles. The normalized spacial score (nSPS) is 13.0. The third-order valence-electron chi connectivity index (χ3n) is 2.48. The SMILES string of the molecule is CC(C)O[Si](/C=C/c1ccccc1)(OC(C)C)OC(C)C. The minimum absolute atomic E-state index is 0.0505. The molecule has 3 nitrogen and oxygen atoms in total. The van der Waals surface area contributed by atoms with Crippen molar-refractivity contribution in [1.29, 1.82) is 0 Å². The molecule has 0 aliphatic carbocycles. The van der Waals surface area contributed by atoms with Gasteiger partial charge in [-0.2, -0.15) is 0 Å². The predicted octanol–water partition coefficient (Wildman–Crippen LogP) is 4.45. The molecule has 0 aromatic heterocycles. The van der Waals surface area contributed by atoms with Crippen molar-refractivity contribution in [2.75, 3.05) is 0 Å². The summed E-state index contributed by atoms with van der Waals surface area (Å²) in [5.74, 6) is 0. The highest BCUT2D eigenvalue weighted by Crippen LogP contribution is 2.20. The van der Waals surface area contributed by atoms with Crippen molar-refractivity contribution in [2.24, 2.45) is 0 Å². The van der Waals surface area contributed by atoms with Gasteiger partial charge in [0.2, 0.25) is 0 Å². The smallest absolute Gasteiger partial charge is 0.368 e. The van der Waals surface area contributed by atoms with Crippen LogP contribution < -0.4 is 0 Å². The monoisotopic (exact) mass is 308 g/mol. The fraction of sp³-hybridized carbons (Fsp3) is 0.529. The van der Waals surface area contributed by atoms with Crippen LogP contribution in [0.2, 0.25) is 0 Å². The lowest BCUT2D eigenvalue weighted by Crippen LogP contribution is -2.49. The van der Waals surface area contributed by atoms with Gasteiger partial charge < -0.3 is 13.3 Å². The highest BCUT2D eigenvalue weighted by Gasteiger charge is 2.41. The van der Waals surface area contributed by atoms with Gasteiger partial charge in [0.25, 0.3) is 0 Å². The molecule has 0 spiro atoms. The van der Waals surface area contributed by atoms with Crippen molar-refractivity contribution in [3.8, 4) is 0 Å². The third-order valence-corrected chi connectivity index (χ3v) is 5.45. The van der Waals surface area contributed by atoms with Gasteiger partial charge >= 0.3 is 8.80 Å². The molecule has 0 radical (unpaired) electrons. The maximum absolute atomic E-state index is 6.09. The molecule has 0 amide bonds. The highest BCUT2D eigenvalue weighted by atomic mass is 28.4. The van der Waals surface area contributed by atoms with E-state index in [2.05, 4.69) is 12.1 Å². The summed E-state index contributed by atoms with van der Waals surface area (Å²) in [6, 6.07) is 10.1. The zero-order valence-electron chi connectivity index (χ0n) is 14.0. The van der Waals surface area contributed by atoms with Crippen LogP contribution in [0.5, 0.6) is 0 Å². The predicted molar refractivity (Wildman–Crippen MR) is 89.9 cm³/mol. The van der Waals surface area contributed by atoms with Crippen LogP contribution in [0.15, 0.2) is 36.0 Å². The van der Waals surface area contributed by atoms with E-state index in [0.29, 0.717) is 0 Å². The van der Waals surface area contributed by atoms with Crippen molar-refractivity contribution in [3.63, 3.8) is 0 Å². The molecule has 0 aliphatic heterocycles. The fourth-order valence-corrected chi connectivity index (χ4v) is 4.72. The van der Waals surface area contributed by atoms with E-state index >= 15 is 0 Å². The van der Waals surface area contributed by atoms with Crippen LogP contribution in [-0.4, -0.2) is 27.1 Å². The van der Waals surface area contributed by atoms with Gasteiger partial charge in [-0.15, -0.1) is 0 Å². The summed E-state index contributed by atoms with van der Waals surface area (Å²) in [5.41, 5.74) is 3.10. The summed E-state index contributed by atoms with van der Waals surface area (Å²) in [7, 11) is -2.85. The number of rotatable bonds is 8. The lowest BCUT2D eigenvalue weighted by atomic mass is 10.2. The van der Waals surface area contributed by atoms with E-state index in [4.69, 9.17) is 13.3 Å². The Balaban J connectivity index is 3.04. The minimum Gasteiger partial charge on any atom is -0.368 e. The van der Waals surface area contributed by atoms with Crippen LogP contribution in [0.3, 0.4) is 0 Å². The molecule has 0 bridgehead atoms. The third kappa shape index (κ3) is 7.04. The Morgan fingerprint density at radius 2 is 1.19 bits per heavy atom. The molecule has 0 N–H and O–H groups in total. The second kappa shape index (κ2) is 8.49. The Morgan fingerprint density at radius 1 is 0.762 bits per heavy atom. The molecule has 0 saturated carbocycles. The molecule has 0 aliphatic rings. The average molecular weight is 308 g/mol. The van der Waals surface area contributed by atoms with Crippen molar-refractivity contribution < 1.29 is 13.3 Å². The molecule has 0 heterocycles. The lowest BCUT2D eigenvalue weighted by molar-refractivity contribution is 0.0141. The average Bonchev–Trinajstić information content (AvgIpc) is 2.35. The van der Waals surface area contributed by atoms with Crippen LogP contribution in [0, 0.1) is 0 Å². The van der Waals surface area contributed by atoms with E-state index in [1.165, 1.54) is 0 Å². The lowest BCUT2D eigenvalue weighted by Gasteiger charge is -2.32. The van der Waals surface area contributed by atoms with Gasteiger partial charge in [0.1, 0.15) is 0 Å². The largest absolute Gasteiger partial charge is 0.530 e. The Hall–Kier alpha value is -0.943. The summed E-state index contributed by atoms with van der Waals surface area (Å²) in [6.07, 6.45) is 2.18. The first kappa shape index (κ1) is 18.1. The standard InChI is InChI=1S/C17H28O3Si/c1-14(2)18-21(19-15(3)4,20-16(5)6)13-12-17-10-8-7-9-11-17/h7-16H,1-6H3/b13-12+. The summed E-state index contributed by atoms with van der Waals surface area (Å²) < 4.78 is 18.3.